The molecule has 0 saturated heterocycles. The number of thiocarbonyl (C=S) groups is 1. The zero-order chi connectivity index (χ0) is 14.5. The van der Waals surface area contributed by atoms with Crippen LogP contribution >= 0.6 is 12.2 Å². The van der Waals surface area contributed by atoms with Crippen molar-refractivity contribution in [3.8, 4) is 0 Å². The van der Waals surface area contributed by atoms with Crippen molar-refractivity contribution in [2.45, 2.75) is 6.42 Å². The molecule has 1 heterocycles. The molecular weight excluding hydrogens is 280 g/mol. The molecule has 6 heteroatoms. The molecule has 3 nitrogen and oxygen atoms in total. The number of anilines is 1. The summed E-state index contributed by atoms with van der Waals surface area (Å²) in [4.78, 5) is 3.82. The van der Waals surface area contributed by atoms with Gasteiger partial charge in [0.05, 0.1) is 5.69 Å². The monoisotopic (exact) mass is 293 g/mol. The second kappa shape index (κ2) is 6.38. The van der Waals surface area contributed by atoms with E-state index in [0.717, 1.165) is 5.56 Å². The predicted octanol–water partition coefficient (Wildman–Crippen LogP) is 2.65. The number of nitrogens with one attached hydrogen (secondary N) is 1. The third-order valence-corrected chi connectivity index (χ3v) is 3.02. The van der Waals surface area contributed by atoms with Crippen LogP contribution in [0.15, 0.2) is 36.7 Å². The van der Waals surface area contributed by atoms with Gasteiger partial charge in [-0.05, 0) is 30.2 Å². The van der Waals surface area contributed by atoms with Crippen LogP contribution in [-0.2, 0) is 6.42 Å². The standard InChI is InChI=1S/C14H13F2N3S/c15-12-10(14(17)20)3-4-11(13(12)16)19-7-5-9-2-1-6-18-8-9/h1-4,6,8,19H,5,7H2,(H2,17,20). The molecule has 0 radical (unpaired) electrons. The van der Waals surface area contributed by atoms with Crippen LogP contribution in [0, 0.1) is 11.6 Å². The van der Waals surface area contributed by atoms with Gasteiger partial charge >= 0.3 is 0 Å². The highest BCUT2D eigenvalue weighted by molar-refractivity contribution is 7.80. The normalized spacial score (nSPS) is 10.3. The van der Waals surface area contributed by atoms with Gasteiger partial charge in [-0.2, -0.15) is 0 Å². The van der Waals surface area contributed by atoms with Gasteiger partial charge in [0.25, 0.3) is 0 Å². The zero-order valence-corrected chi connectivity index (χ0v) is 11.4. The Morgan fingerprint density at radius 3 is 2.70 bits per heavy atom. The maximum absolute atomic E-state index is 13.8. The van der Waals surface area contributed by atoms with E-state index in [2.05, 4.69) is 22.5 Å². The fraction of sp³-hybridized carbons (Fsp3) is 0.143. The van der Waals surface area contributed by atoms with Crippen molar-refractivity contribution in [2.75, 3.05) is 11.9 Å². The lowest BCUT2D eigenvalue weighted by molar-refractivity contribution is 0.509. The van der Waals surface area contributed by atoms with E-state index in [4.69, 9.17) is 5.73 Å². The van der Waals surface area contributed by atoms with Crippen molar-refractivity contribution >= 4 is 22.9 Å². The van der Waals surface area contributed by atoms with Crippen LogP contribution in [0.3, 0.4) is 0 Å². The molecule has 0 saturated carbocycles. The van der Waals surface area contributed by atoms with Crippen molar-refractivity contribution in [2.24, 2.45) is 5.73 Å². The molecule has 104 valence electrons. The molecule has 0 bridgehead atoms. The summed E-state index contributed by atoms with van der Waals surface area (Å²) in [5.41, 5.74) is 6.32. The minimum Gasteiger partial charge on any atom is -0.389 e. The van der Waals surface area contributed by atoms with Gasteiger partial charge in [0.15, 0.2) is 11.6 Å². The molecule has 0 aliphatic rings. The van der Waals surface area contributed by atoms with E-state index in [9.17, 15) is 8.78 Å². The van der Waals surface area contributed by atoms with E-state index in [0.29, 0.717) is 13.0 Å². The van der Waals surface area contributed by atoms with Crippen LogP contribution in [0.1, 0.15) is 11.1 Å². The highest BCUT2D eigenvalue weighted by Crippen LogP contribution is 2.20. The summed E-state index contributed by atoms with van der Waals surface area (Å²) >= 11 is 4.65. The molecule has 0 aliphatic carbocycles. The molecule has 1 aromatic carbocycles. The summed E-state index contributed by atoms with van der Waals surface area (Å²) < 4.78 is 27.5. The van der Waals surface area contributed by atoms with Gasteiger partial charge in [0, 0.05) is 24.5 Å². The third kappa shape index (κ3) is 3.27. The number of halogens is 2. The first-order valence-electron chi connectivity index (χ1n) is 6.00. The molecule has 0 atom stereocenters. The summed E-state index contributed by atoms with van der Waals surface area (Å²) in [6, 6.07) is 6.54. The van der Waals surface area contributed by atoms with Crippen LogP contribution in [0.5, 0.6) is 0 Å². The van der Waals surface area contributed by atoms with E-state index >= 15 is 0 Å². The molecule has 0 unspecified atom stereocenters. The molecule has 20 heavy (non-hydrogen) atoms. The van der Waals surface area contributed by atoms with Crippen LogP contribution < -0.4 is 11.1 Å². The molecule has 0 spiro atoms. The maximum atomic E-state index is 13.8. The van der Waals surface area contributed by atoms with Gasteiger partial charge in [-0.3, -0.25) is 4.98 Å². The Bertz CT molecular complexity index is 617. The van der Waals surface area contributed by atoms with E-state index < -0.39 is 11.6 Å². The van der Waals surface area contributed by atoms with Crippen LogP contribution in [0.2, 0.25) is 0 Å². The summed E-state index contributed by atoms with van der Waals surface area (Å²) in [6.45, 7) is 0.467. The van der Waals surface area contributed by atoms with Crippen molar-refractivity contribution in [3.63, 3.8) is 0 Å². The van der Waals surface area contributed by atoms with Gasteiger partial charge in [-0.15, -0.1) is 0 Å². The topological polar surface area (TPSA) is 50.9 Å². The largest absolute Gasteiger partial charge is 0.389 e. The first-order chi connectivity index (χ1) is 9.59. The first kappa shape index (κ1) is 14.3. The van der Waals surface area contributed by atoms with E-state index in [-0.39, 0.29) is 16.2 Å². The smallest absolute Gasteiger partial charge is 0.182 e. The molecule has 1 aromatic heterocycles. The third-order valence-electron chi connectivity index (χ3n) is 2.80. The van der Waals surface area contributed by atoms with Crippen molar-refractivity contribution in [1.29, 1.82) is 0 Å². The summed E-state index contributed by atoms with van der Waals surface area (Å²) in [6.07, 6.45) is 4.07. The summed E-state index contributed by atoms with van der Waals surface area (Å²) in [5.74, 6) is -2.00. The first-order valence-corrected chi connectivity index (χ1v) is 6.41. The maximum Gasteiger partial charge on any atom is 0.182 e. The van der Waals surface area contributed by atoms with Gasteiger partial charge in [0.1, 0.15) is 4.99 Å². The minimum atomic E-state index is -1.02. The number of nitrogens with zero attached hydrogens (tertiary/aromatic N) is 1. The lowest BCUT2D eigenvalue weighted by Crippen LogP contribution is -2.14. The number of nitrogens with two attached hydrogens (primary N) is 1. The SMILES string of the molecule is NC(=S)c1ccc(NCCc2cccnc2)c(F)c1F. The number of rotatable bonds is 5. The van der Waals surface area contributed by atoms with Gasteiger partial charge in [-0.1, -0.05) is 18.3 Å². The zero-order valence-electron chi connectivity index (χ0n) is 10.6. The van der Waals surface area contributed by atoms with E-state index in [1.807, 2.05) is 12.1 Å². The highest BCUT2D eigenvalue weighted by atomic mass is 32.1. The summed E-state index contributed by atoms with van der Waals surface area (Å²) in [5, 5.41) is 2.84. The quantitative estimate of drug-likeness (QED) is 0.832. The Labute approximate surface area is 120 Å². The second-order valence-electron chi connectivity index (χ2n) is 4.19. The van der Waals surface area contributed by atoms with Crippen molar-refractivity contribution in [3.05, 3.63) is 59.4 Å². The highest BCUT2D eigenvalue weighted by Gasteiger charge is 2.14. The molecule has 0 amide bonds. The lowest BCUT2D eigenvalue weighted by atomic mass is 10.1. The number of pyridine rings is 1. The van der Waals surface area contributed by atoms with Gasteiger partial charge in [0.2, 0.25) is 0 Å². The number of aromatic nitrogens is 1. The molecule has 0 aliphatic heterocycles. The van der Waals surface area contributed by atoms with Gasteiger partial charge in [-0.25, -0.2) is 8.78 Å². The predicted molar refractivity (Wildman–Crippen MR) is 78.7 cm³/mol. The molecule has 3 N–H and O–H groups in total. The number of benzene rings is 1. The molecule has 0 fully saturated rings. The van der Waals surface area contributed by atoms with Gasteiger partial charge < -0.3 is 11.1 Å². The Hall–Kier alpha value is -2.08. The fourth-order valence-electron chi connectivity index (χ4n) is 1.76. The average molecular weight is 293 g/mol. The van der Waals surface area contributed by atoms with Crippen molar-refractivity contribution in [1.82, 2.24) is 4.98 Å². The van der Waals surface area contributed by atoms with E-state index in [1.54, 1.807) is 12.4 Å². The van der Waals surface area contributed by atoms with Crippen molar-refractivity contribution < 1.29 is 8.78 Å². The summed E-state index contributed by atoms with van der Waals surface area (Å²) in [7, 11) is 0. The molecule has 2 rings (SSSR count). The minimum absolute atomic E-state index is 0.0877. The Balaban J connectivity index is 2.04. The Kier molecular flexibility index (Phi) is 4.57. The van der Waals surface area contributed by atoms with Crippen LogP contribution in [0.25, 0.3) is 0 Å². The Morgan fingerprint density at radius 1 is 1.25 bits per heavy atom. The average Bonchev–Trinajstić information content (AvgIpc) is 2.44. The van der Waals surface area contributed by atoms with Crippen LogP contribution in [-0.4, -0.2) is 16.5 Å². The lowest BCUT2D eigenvalue weighted by Gasteiger charge is -2.10. The molecular formula is C14H13F2N3S. The fourth-order valence-corrected chi connectivity index (χ4v) is 1.92. The number of hydrogen-bond donors (Lipinski definition) is 2. The van der Waals surface area contributed by atoms with Crippen LogP contribution in [0.4, 0.5) is 14.5 Å². The Morgan fingerprint density at radius 2 is 2.05 bits per heavy atom. The second-order valence-corrected chi connectivity index (χ2v) is 4.63. The van der Waals surface area contributed by atoms with E-state index in [1.165, 1.54) is 12.1 Å². The number of hydrogen-bond acceptors (Lipinski definition) is 3. The molecule has 2 aromatic rings.